The monoisotopic (exact) mass is 622 g/mol. The molecule has 3 aromatic rings. The maximum Gasteiger partial charge on any atom is 0.293 e. The van der Waals surface area contributed by atoms with E-state index in [9.17, 15) is 10.1 Å². The van der Waals surface area contributed by atoms with E-state index in [0.717, 1.165) is 80.3 Å². The molecule has 1 unspecified atom stereocenters. The SMILES string of the molecule is CC(C)OC=O.CCOc1cc(-c2ccc(N3CCC(CN4CCNC(SC)CC4)(NC)CC3)nc2)c2c(C#N)cnn2c1. The van der Waals surface area contributed by atoms with Crippen LogP contribution in [0.5, 0.6) is 5.75 Å². The summed E-state index contributed by atoms with van der Waals surface area (Å²) in [4.78, 5) is 19.3. The summed E-state index contributed by atoms with van der Waals surface area (Å²) in [6.07, 6.45) is 10.9. The first-order valence-electron chi connectivity index (χ1n) is 15.4. The maximum atomic E-state index is 9.62. The van der Waals surface area contributed by atoms with Crippen LogP contribution in [-0.2, 0) is 9.53 Å². The fourth-order valence-corrected chi connectivity index (χ4v) is 6.45. The second-order valence-corrected chi connectivity index (χ2v) is 12.5. The largest absolute Gasteiger partial charge is 0.492 e. The summed E-state index contributed by atoms with van der Waals surface area (Å²) in [7, 11) is 2.12. The summed E-state index contributed by atoms with van der Waals surface area (Å²) in [6, 6.07) is 8.42. The lowest BCUT2D eigenvalue weighted by Gasteiger charge is -2.44. The summed E-state index contributed by atoms with van der Waals surface area (Å²) >= 11 is 1.92. The first-order chi connectivity index (χ1) is 21.3. The summed E-state index contributed by atoms with van der Waals surface area (Å²) in [5, 5.41) is 21.9. The van der Waals surface area contributed by atoms with Crippen molar-refractivity contribution in [1.29, 1.82) is 5.26 Å². The molecule has 2 aliphatic heterocycles. The van der Waals surface area contributed by atoms with Gasteiger partial charge in [-0.25, -0.2) is 9.50 Å². The number of fused-ring (bicyclic) bond motifs is 1. The molecule has 0 aromatic carbocycles. The zero-order chi connectivity index (χ0) is 31.5. The lowest BCUT2D eigenvalue weighted by Crippen LogP contribution is -2.58. The molecule has 44 heavy (non-hydrogen) atoms. The first kappa shape index (κ1) is 33.5. The van der Waals surface area contributed by atoms with Crippen LogP contribution in [0.15, 0.2) is 36.8 Å². The number of rotatable bonds is 10. The van der Waals surface area contributed by atoms with Gasteiger partial charge in [-0.15, -0.1) is 11.8 Å². The molecule has 238 valence electrons. The van der Waals surface area contributed by atoms with Gasteiger partial charge in [0.05, 0.1) is 41.6 Å². The van der Waals surface area contributed by atoms with Gasteiger partial charge in [0.2, 0.25) is 0 Å². The van der Waals surface area contributed by atoms with Gasteiger partial charge in [0.1, 0.15) is 17.6 Å². The Morgan fingerprint density at radius 1 is 1.25 bits per heavy atom. The molecule has 2 saturated heterocycles. The highest BCUT2D eigenvalue weighted by atomic mass is 32.2. The Bertz CT molecular complexity index is 1380. The normalized spacial score (nSPS) is 18.7. The van der Waals surface area contributed by atoms with Crippen molar-refractivity contribution < 1.29 is 14.3 Å². The van der Waals surface area contributed by atoms with Gasteiger partial charge in [-0.3, -0.25) is 4.79 Å². The van der Waals surface area contributed by atoms with E-state index >= 15 is 0 Å². The molecule has 2 aliphatic rings. The molecule has 0 bridgehead atoms. The van der Waals surface area contributed by atoms with Crippen LogP contribution in [0.2, 0.25) is 0 Å². The molecule has 0 amide bonds. The second kappa shape index (κ2) is 16.1. The van der Waals surface area contributed by atoms with Crippen molar-refractivity contribution in [2.75, 3.05) is 64.1 Å². The summed E-state index contributed by atoms with van der Waals surface area (Å²) < 4.78 is 11.8. The first-order valence-corrected chi connectivity index (χ1v) is 16.7. The topological polar surface area (TPSA) is 120 Å². The van der Waals surface area contributed by atoms with Gasteiger partial charge in [-0.1, -0.05) is 0 Å². The lowest BCUT2D eigenvalue weighted by molar-refractivity contribution is -0.131. The van der Waals surface area contributed by atoms with Gasteiger partial charge >= 0.3 is 0 Å². The van der Waals surface area contributed by atoms with Gasteiger partial charge in [0.15, 0.2) is 0 Å². The zero-order valence-electron chi connectivity index (χ0n) is 26.6. The Kier molecular flexibility index (Phi) is 12.3. The van der Waals surface area contributed by atoms with Gasteiger partial charge in [-0.05, 0) is 71.5 Å². The van der Waals surface area contributed by atoms with Crippen LogP contribution in [0.25, 0.3) is 16.6 Å². The number of aromatic nitrogens is 3. The molecular formula is C32H46N8O3S. The number of nitrogens with one attached hydrogen (secondary N) is 2. The number of piperidine rings is 1. The highest BCUT2D eigenvalue weighted by molar-refractivity contribution is 7.99. The van der Waals surface area contributed by atoms with E-state index in [1.54, 1.807) is 24.6 Å². The number of anilines is 1. The van der Waals surface area contributed by atoms with E-state index in [0.29, 0.717) is 24.0 Å². The van der Waals surface area contributed by atoms with E-state index in [1.807, 2.05) is 37.1 Å². The smallest absolute Gasteiger partial charge is 0.293 e. The summed E-state index contributed by atoms with van der Waals surface area (Å²) in [5.74, 6) is 1.71. The van der Waals surface area contributed by atoms with Crippen molar-refractivity contribution >= 4 is 29.6 Å². The summed E-state index contributed by atoms with van der Waals surface area (Å²) in [6.45, 7) is 12.9. The predicted molar refractivity (Wildman–Crippen MR) is 176 cm³/mol. The standard InChI is InChI=1S/C28H38N8OS.C4H8O2/c1-4-37-23-15-24(27-22(16-29)18-33-36(27)19-23)21-5-6-25(32-17-21)35-12-8-28(30-2,9-13-35)20-34-11-7-26(38-3)31-10-14-34;1-4(2)6-3-5/h5-6,15,17-19,26,30-31H,4,7-14,20H2,1-3H3;3-4H,1-2H3. The average molecular weight is 623 g/mol. The molecule has 0 aliphatic carbocycles. The molecule has 0 spiro atoms. The van der Waals surface area contributed by atoms with Gasteiger partial charge in [0.25, 0.3) is 6.47 Å². The fraction of sp³-hybridized carbons (Fsp3) is 0.562. The fourth-order valence-electron chi connectivity index (χ4n) is 5.82. The maximum absolute atomic E-state index is 9.62. The van der Waals surface area contributed by atoms with Crippen LogP contribution < -0.4 is 20.3 Å². The minimum absolute atomic E-state index is 0.0301. The third kappa shape index (κ3) is 8.41. The third-order valence-corrected chi connectivity index (χ3v) is 9.27. The number of carbonyl (C=O) groups excluding carboxylic acids is 1. The Morgan fingerprint density at radius 3 is 2.64 bits per heavy atom. The number of hydrogen-bond acceptors (Lipinski definition) is 11. The van der Waals surface area contributed by atoms with Crippen molar-refractivity contribution in [2.45, 2.75) is 57.1 Å². The zero-order valence-corrected chi connectivity index (χ0v) is 27.4. The Labute approximate surface area is 265 Å². The molecule has 5 heterocycles. The number of likely N-dealkylation sites (N-methyl/N-ethyl adjacent to an activating group) is 1. The number of hydrogen-bond donors (Lipinski definition) is 2. The van der Waals surface area contributed by atoms with Crippen molar-refractivity contribution in [3.8, 4) is 22.9 Å². The van der Waals surface area contributed by atoms with Crippen LogP contribution >= 0.6 is 11.8 Å². The van der Waals surface area contributed by atoms with Crippen LogP contribution in [0.4, 0.5) is 5.82 Å². The molecule has 1 atom stereocenters. The van der Waals surface area contributed by atoms with Gasteiger partial charge in [0, 0.05) is 62.1 Å². The van der Waals surface area contributed by atoms with Crippen molar-refractivity contribution in [2.24, 2.45) is 0 Å². The number of pyridine rings is 2. The minimum Gasteiger partial charge on any atom is -0.492 e. The predicted octanol–water partition coefficient (Wildman–Crippen LogP) is 3.78. The van der Waals surface area contributed by atoms with Crippen molar-refractivity contribution in [3.05, 3.63) is 42.4 Å². The Balaban J connectivity index is 0.000000670. The van der Waals surface area contributed by atoms with Crippen molar-refractivity contribution in [1.82, 2.24) is 30.1 Å². The number of ether oxygens (including phenoxy) is 2. The molecule has 2 fully saturated rings. The Hall–Kier alpha value is -3.37. The van der Waals surface area contributed by atoms with Crippen LogP contribution in [0.1, 0.15) is 45.6 Å². The molecule has 11 nitrogen and oxygen atoms in total. The van der Waals surface area contributed by atoms with E-state index in [-0.39, 0.29) is 11.6 Å². The number of nitrogens with zero attached hydrogens (tertiary/aromatic N) is 6. The van der Waals surface area contributed by atoms with E-state index in [4.69, 9.17) is 9.72 Å². The third-order valence-electron chi connectivity index (χ3n) is 8.30. The minimum atomic E-state index is 0.0301. The van der Waals surface area contributed by atoms with Gasteiger partial charge in [-0.2, -0.15) is 10.4 Å². The van der Waals surface area contributed by atoms with Crippen LogP contribution in [-0.4, -0.2) is 102 Å². The quantitative estimate of drug-likeness (QED) is 0.322. The lowest BCUT2D eigenvalue weighted by atomic mass is 9.86. The molecule has 0 saturated carbocycles. The number of thioether (sulfide) groups is 1. The Morgan fingerprint density at radius 2 is 2.05 bits per heavy atom. The molecule has 3 aromatic heterocycles. The van der Waals surface area contributed by atoms with Gasteiger partial charge < -0.3 is 29.9 Å². The van der Waals surface area contributed by atoms with E-state index in [1.165, 1.54) is 6.42 Å². The second-order valence-electron chi connectivity index (χ2n) is 11.4. The number of nitriles is 1. The molecular weight excluding hydrogens is 576 g/mol. The molecule has 2 N–H and O–H groups in total. The van der Waals surface area contributed by atoms with E-state index in [2.05, 4.69) is 61.8 Å². The summed E-state index contributed by atoms with van der Waals surface area (Å²) in [5.41, 5.74) is 3.28. The highest BCUT2D eigenvalue weighted by Crippen LogP contribution is 2.32. The number of carbonyl (C=O) groups is 1. The van der Waals surface area contributed by atoms with Crippen LogP contribution in [0, 0.1) is 11.3 Å². The molecule has 5 rings (SSSR count). The molecule has 0 radical (unpaired) electrons. The highest BCUT2D eigenvalue weighted by Gasteiger charge is 2.35. The average Bonchev–Trinajstić information content (AvgIpc) is 3.32. The molecule has 12 heteroatoms. The van der Waals surface area contributed by atoms with E-state index < -0.39 is 0 Å². The van der Waals surface area contributed by atoms with Crippen molar-refractivity contribution in [3.63, 3.8) is 0 Å². The van der Waals surface area contributed by atoms with Crippen LogP contribution in [0.3, 0.4) is 0 Å².